The van der Waals surface area contributed by atoms with Crippen LogP contribution in [0, 0.1) is 5.92 Å². The molecule has 1 heterocycles. The predicted octanol–water partition coefficient (Wildman–Crippen LogP) is 2.94. The van der Waals surface area contributed by atoms with E-state index in [4.69, 9.17) is 0 Å². The smallest absolute Gasteiger partial charge is 0.315 e. The van der Waals surface area contributed by atoms with Gasteiger partial charge in [-0.1, -0.05) is 31.2 Å². The van der Waals surface area contributed by atoms with Crippen molar-refractivity contribution < 1.29 is 4.79 Å². The zero-order chi connectivity index (χ0) is 16.4. The number of carbonyl (C=O) groups excluding carboxylic acids is 1. The molecular formula is C17H22N4OS. The highest BCUT2D eigenvalue weighted by Crippen LogP contribution is 2.35. The molecule has 0 saturated carbocycles. The number of benzene rings is 1. The van der Waals surface area contributed by atoms with Gasteiger partial charge in [0, 0.05) is 19.5 Å². The molecule has 2 atom stereocenters. The van der Waals surface area contributed by atoms with Crippen LogP contribution in [0.3, 0.4) is 0 Å². The molecule has 1 aliphatic rings. The minimum atomic E-state index is -0.141. The molecule has 1 aliphatic carbocycles. The maximum atomic E-state index is 12.2. The molecule has 0 aliphatic heterocycles. The number of anilines is 1. The number of rotatable bonds is 4. The summed E-state index contributed by atoms with van der Waals surface area (Å²) in [5.41, 5.74) is 3.45. The van der Waals surface area contributed by atoms with Gasteiger partial charge in [-0.15, -0.1) is 11.3 Å². The van der Waals surface area contributed by atoms with Crippen LogP contribution in [0.5, 0.6) is 0 Å². The lowest BCUT2D eigenvalue weighted by Gasteiger charge is -2.19. The zero-order valence-corrected chi connectivity index (χ0v) is 14.5. The number of fused-ring (bicyclic) bond motifs is 1. The Labute approximate surface area is 140 Å². The van der Waals surface area contributed by atoms with Crippen LogP contribution in [0.25, 0.3) is 0 Å². The molecule has 2 amide bonds. The molecule has 3 rings (SSSR count). The Kier molecular flexibility index (Phi) is 4.52. The standard InChI is InChI=1S/C17H22N4OS/c1-11-8-12-6-4-5-7-14(12)15(11)20-16(22)18-9-13-10-23-17(19-13)21(2)3/h4-7,10-11,15H,8-9H2,1-3H3,(H2,18,20,22). The fourth-order valence-corrected chi connectivity index (χ4v) is 3.72. The van der Waals surface area contributed by atoms with Gasteiger partial charge in [0.25, 0.3) is 0 Å². The summed E-state index contributed by atoms with van der Waals surface area (Å²) in [6, 6.07) is 8.27. The molecule has 122 valence electrons. The van der Waals surface area contributed by atoms with Crippen LogP contribution in [0.15, 0.2) is 29.6 Å². The minimum absolute atomic E-state index is 0.0824. The Bertz CT molecular complexity index is 697. The van der Waals surface area contributed by atoms with Gasteiger partial charge in [-0.05, 0) is 23.5 Å². The summed E-state index contributed by atoms with van der Waals surface area (Å²) < 4.78 is 0. The van der Waals surface area contributed by atoms with Crippen LogP contribution in [0.1, 0.15) is 29.8 Å². The van der Waals surface area contributed by atoms with Crippen LogP contribution in [0.4, 0.5) is 9.93 Å². The van der Waals surface area contributed by atoms with Crippen LogP contribution >= 0.6 is 11.3 Å². The van der Waals surface area contributed by atoms with E-state index in [0.29, 0.717) is 12.5 Å². The summed E-state index contributed by atoms with van der Waals surface area (Å²) in [5, 5.41) is 8.93. The van der Waals surface area contributed by atoms with Crippen molar-refractivity contribution in [2.45, 2.75) is 25.9 Å². The first kappa shape index (κ1) is 15.8. The number of aromatic nitrogens is 1. The Hall–Kier alpha value is -2.08. The molecule has 6 heteroatoms. The number of thiazole rings is 1. The Balaban J connectivity index is 1.57. The van der Waals surface area contributed by atoms with Gasteiger partial charge in [0.05, 0.1) is 18.3 Å². The first-order valence-electron chi connectivity index (χ1n) is 7.78. The molecule has 2 unspecified atom stereocenters. The number of hydrogen-bond donors (Lipinski definition) is 2. The van der Waals surface area contributed by atoms with Gasteiger partial charge in [0.2, 0.25) is 0 Å². The molecule has 1 aromatic carbocycles. The van der Waals surface area contributed by atoms with Crippen molar-refractivity contribution in [3.05, 3.63) is 46.5 Å². The molecule has 0 saturated heterocycles. The Morgan fingerprint density at radius 2 is 2.17 bits per heavy atom. The summed E-state index contributed by atoms with van der Waals surface area (Å²) in [6.07, 6.45) is 1.01. The second-order valence-electron chi connectivity index (χ2n) is 6.20. The second kappa shape index (κ2) is 6.58. The first-order valence-corrected chi connectivity index (χ1v) is 8.66. The third-order valence-electron chi connectivity index (χ3n) is 4.14. The van der Waals surface area contributed by atoms with E-state index >= 15 is 0 Å². The average Bonchev–Trinajstić information content (AvgIpc) is 3.11. The largest absolute Gasteiger partial charge is 0.354 e. The number of nitrogens with zero attached hydrogens (tertiary/aromatic N) is 2. The summed E-state index contributed by atoms with van der Waals surface area (Å²) in [6.45, 7) is 2.62. The van der Waals surface area contributed by atoms with Crippen molar-refractivity contribution in [3.63, 3.8) is 0 Å². The van der Waals surface area contributed by atoms with Gasteiger partial charge in [-0.3, -0.25) is 0 Å². The zero-order valence-electron chi connectivity index (χ0n) is 13.7. The van der Waals surface area contributed by atoms with Crippen LogP contribution < -0.4 is 15.5 Å². The van der Waals surface area contributed by atoms with Gasteiger partial charge in [-0.25, -0.2) is 9.78 Å². The summed E-state index contributed by atoms with van der Waals surface area (Å²) in [7, 11) is 3.92. The van der Waals surface area contributed by atoms with Gasteiger partial charge in [-0.2, -0.15) is 0 Å². The van der Waals surface area contributed by atoms with Gasteiger partial charge >= 0.3 is 6.03 Å². The molecule has 0 radical (unpaired) electrons. The van der Waals surface area contributed by atoms with E-state index in [-0.39, 0.29) is 12.1 Å². The van der Waals surface area contributed by atoms with Crippen molar-refractivity contribution in [2.75, 3.05) is 19.0 Å². The van der Waals surface area contributed by atoms with Crippen LogP contribution in [0.2, 0.25) is 0 Å². The lowest BCUT2D eigenvalue weighted by molar-refractivity contribution is 0.233. The van der Waals surface area contributed by atoms with E-state index in [2.05, 4.69) is 40.7 Å². The summed E-state index contributed by atoms with van der Waals surface area (Å²) in [5.74, 6) is 0.415. The molecule has 0 bridgehead atoms. The number of hydrogen-bond acceptors (Lipinski definition) is 4. The predicted molar refractivity (Wildman–Crippen MR) is 93.9 cm³/mol. The van der Waals surface area contributed by atoms with Gasteiger partial charge < -0.3 is 15.5 Å². The third kappa shape index (κ3) is 3.47. The van der Waals surface area contributed by atoms with Gasteiger partial charge in [0.1, 0.15) is 0 Å². The van der Waals surface area contributed by atoms with E-state index < -0.39 is 0 Å². The molecular weight excluding hydrogens is 308 g/mol. The molecule has 0 fully saturated rings. The highest BCUT2D eigenvalue weighted by atomic mass is 32.1. The monoisotopic (exact) mass is 330 g/mol. The maximum Gasteiger partial charge on any atom is 0.315 e. The third-order valence-corrected chi connectivity index (χ3v) is 5.20. The number of nitrogens with one attached hydrogen (secondary N) is 2. The first-order chi connectivity index (χ1) is 11.0. The molecule has 1 aromatic heterocycles. The lowest BCUT2D eigenvalue weighted by atomic mass is 10.0. The molecule has 5 nitrogen and oxygen atoms in total. The minimum Gasteiger partial charge on any atom is -0.354 e. The van der Waals surface area contributed by atoms with E-state index in [1.54, 1.807) is 11.3 Å². The van der Waals surface area contributed by atoms with Crippen molar-refractivity contribution in [3.8, 4) is 0 Å². The fraction of sp³-hybridized carbons (Fsp3) is 0.412. The van der Waals surface area contributed by atoms with E-state index in [1.807, 2.05) is 30.4 Å². The van der Waals surface area contributed by atoms with Gasteiger partial charge in [0.15, 0.2) is 5.13 Å². The molecule has 23 heavy (non-hydrogen) atoms. The average molecular weight is 330 g/mol. The van der Waals surface area contributed by atoms with Crippen molar-refractivity contribution in [1.29, 1.82) is 0 Å². The summed E-state index contributed by atoms with van der Waals surface area (Å²) >= 11 is 1.58. The Morgan fingerprint density at radius 1 is 1.39 bits per heavy atom. The topological polar surface area (TPSA) is 57.3 Å². The summed E-state index contributed by atoms with van der Waals surface area (Å²) in [4.78, 5) is 18.6. The van der Waals surface area contributed by atoms with E-state index in [0.717, 1.165) is 17.2 Å². The van der Waals surface area contributed by atoms with Crippen molar-refractivity contribution in [1.82, 2.24) is 15.6 Å². The van der Waals surface area contributed by atoms with Crippen molar-refractivity contribution >= 4 is 22.5 Å². The number of carbonyl (C=O) groups is 1. The maximum absolute atomic E-state index is 12.2. The lowest BCUT2D eigenvalue weighted by Crippen LogP contribution is -2.38. The molecule has 2 aromatic rings. The van der Waals surface area contributed by atoms with Crippen LogP contribution in [-0.2, 0) is 13.0 Å². The number of urea groups is 1. The quantitative estimate of drug-likeness (QED) is 0.906. The van der Waals surface area contributed by atoms with E-state index in [9.17, 15) is 4.79 Å². The second-order valence-corrected chi connectivity index (χ2v) is 7.04. The number of amides is 2. The molecule has 2 N–H and O–H groups in total. The fourth-order valence-electron chi connectivity index (χ4n) is 2.96. The molecule has 0 spiro atoms. The van der Waals surface area contributed by atoms with Crippen LogP contribution in [-0.4, -0.2) is 25.1 Å². The van der Waals surface area contributed by atoms with E-state index in [1.165, 1.54) is 11.1 Å². The van der Waals surface area contributed by atoms with Crippen molar-refractivity contribution in [2.24, 2.45) is 5.92 Å². The highest BCUT2D eigenvalue weighted by Gasteiger charge is 2.30. The normalized spacial score (nSPS) is 19.3. The highest BCUT2D eigenvalue weighted by molar-refractivity contribution is 7.13. The SMILES string of the molecule is CC1Cc2ccccc2C1NC(=O)NCc1csc(N(C)C)n1. The Morgan fingerprint density at radius 3 is 2.91 bits per heavy atom.